The molecule has 1 unspecified atom stereocenters. The Hall–Kier alpha value is -1.06. The van der Waals surface area contributed by atoms with Crippen LogP contribution in [-0.2, 0) is 11.3 Å². The van der Waals surface area contributed by atoms with Crippen LogP contribution in [0.15, 0.2) is 23.2 Å². The van der Waals surface area contributed by atoms with E-state index < -0.39 is 0 Å². The number of ether oxygens (including phenoxy) is 2. The molecule has 7 heteroatoms. The minimum Gasteiger partial charge on any atom is -0.496 e. The summed E-state index contributed by atoms with van der Waals surface area (Å²) in [5, 5.41) is 6.83. The van der Waals surface area contributed by atoms with Crippen molar-refractivity contribution in [1.82, 2.24) is 15.5 Å². The molecule has 2 rings (SSSR count). The van der Waals surface area contributed by atoms with Gasteiger partial charge < -0.3 is 20.1 Å². The molecule has 2 N–H and O–H groups in total. The van der Waals surface area contributed by atoms with Crippen molar-refractivity contribution in [3.63, 3.8) is 0 Å². The Labute approximate surface area is 174 Å². The second-order valence-corrected chi connectivity index (χ2v) is 6.45. The van der Waals surface area contributed by atoms with Gasteiger partial charge in [-0.3, -0.25) is 9.89 Å². The number of nitrogens with one attached hydrogen (secondary N) is 2. The van der Waals surface area contributed by atoms with Gasteiger partial charge in [0.25, 0.3) is 0 Å². The highest BCUT2D eigenvalue weighted by atomic mass is 127. The first kappa shape index (κ1) is 23.0. The number of benzene rings is 1. The number of nitrogens with zero attached hydrogens (tertiary/aromatic N) is 2. The van der Waals surface area contributed by atoms with Crippen LogP contribution in [0.25, 0.3) is 0 Å². The number of guanidine groups is 1. The van der Waals surface area contributed by atoms with Crippen LogP contribution in [0.4, 0.5) is 0 Å². The smallest absolute Gasteiger partial charge is 0.191 e. The first-order chi connectivity index (χ1) is 12.2. The van der Waals surface area contributed by atoms with Gasteiger partial charge in [0.2, 0.25) is 0 Å². The Morgan fingerprint density at radius 3 is 2.81 bits per heavy atom. The van der Waals surface area contributed by atoms with Crippen LogP contribution in [0.5, 0.6) is 5.75 Å². The SMILES string of the molecule is CN=C(NCc1ccc(C)cc1OC)NCC1CCCN1CCOC.I. The predicted molar refractivity (Wildman–Crippen MR) is 118 cm³/mol. The van der Waals surface area contributed by atoms with Gasteiger partial charge in [-0.25, -0.2) is 0 Å². The van der Waals surface area contributed by atoms with Crippen molar-refractivity contribution in [3.8, 4) is 5.75 Å². The minimum atomic E-state index is 0. The largest absolute Gasteiger partial charge is 0.496 e. The lowest BCUT2D eigenvalue weighted by molar-refractivity contribution is 0.141. The Bertz CT molecular complexity index is 568. The van der Waals surface area contributed by atoms with E-state index in [9.17, 15) is 0 Å². The van der Waals surface area contributed by atoms with Crippen molar-refractivity contribution in [2.24, 2.45) is 4.99 Å². The van der Waals surface area contributed by atoms with Crippen molar-refractivity contribution < 1.29 is 9.47 Å². The zero-order chi connectivity index (χ0) is 18.1. The summed E-state index contributed by atoms with van der Waals surface area (Å²) in [7, 11) is 5.27. The quantitative estimate of drug-likeness (QED) is 0.343. The molecule has 0 spiro atoms. The predicted octanol–water partition coefficient (Wildman–Crippen LogP) is 2.40. The molecule has 0 aromatic heterocycles. The molecule has 0 amide bonds. The molecule has 148 valence electrons. The van der Waals surface area contributed by atoms with Crippen molar-refractivity contribution in [1.29, 1.82) is 0 Å². The summed E-state index contributed by atoms with van der Waals surface area (Å²) >= 11 is 0. The zero-order valence-electron chi connectivity index (χ0n) is 16.4. The van der Waals surface area contributed by atoms with Crippen molar-refractivity contribution in [2.45, 2.75) is 32.4 Å². The second kappa shape index (κ2) is 12.3. The minimum absolute atomic E-state index is 0. The normalized spacial score (nSPS) is 17.7. The first-order valence-electron chi connectivity index (χ1n) is 8.99. The topological polar surface area (TPSA) is 58.1 Å². The Morgan fingerprint density at radius 1 is 1.31 bits per heavy atom. The van der Waals surface area contributed by atoms with Crippen molar-refractivity contribution in [2.75, 3.05) is 47.5 Å². The molecule has 0 saturated carbocycles. The van der Waals surface area contributed by atoms with Gasteiger partial charge in [0.15, 0.2) is 5.96 Å². The summed E-state index contributed by atoms with van der Waals surface area (Å²) in [4.78, 5) is 6.83. The van der Waals surface area contributed by atoms with Gasteiger partial charge in [-0.15, -0.1) is 24.0 Å². The average Bonchev–Trinajstić information content (AvgIpc) is 3.08. The number of likely N-dealkylation sites (tertiary alicyclic amines) is 1. The summed E-state index contributed by atoms with van der Waals surface area (Å²) < 4.78 is 10.7. The van der Waals surface area contributed by atoms with E-state index >= 15 is 0 Å². The van der Waals surface area contributed by atoms with E-state index in [0.717, 1.165) is 43.5 Å². The summed E-state index contributed by atoms with van der Waals surface area (Å²) in [6.45, 7) is 6.58. The van der Waals surface area contributed by atoms with Gasteiger partial charge in [0, 0.05) is 45.4 Å². The molecule has 0 bridgehead atoms. The Morgan fingerprint density at radius 2 is 2.12 bits per heavy atom. The van der Waals surface area contributed by atoms with Crippen LogP contribution < -0.4 is 15.4 Å². The first-order valence-corrected chi connectivity index (χ1v) is 8.99. The zero-order valence-corrected chi connectivity index (χ0v) is 18.7. The molecular formula is C19H33IN4O2. The number of aliphatic imine (C=N–C) groups is 1. The highest BCUT2D eigenvalue weighted by Crippen LogP contribution is 2.19. The molecule has 6 nitrogen and oxygen atoms in total. The summed E-state index contributed by atoms with van der Waals surface area (Å²) in [6, 6.07) is 6.79. The highest BCUT2D eigenvalue weighted by molar-refractivity contribution is 14.0. The van der Waals surface area contributed by atoms with E-state index in [0.29, 0.717) is 12.6 Å². The van der Waals surface area contributed by atoms with Crippen molar-refractivity contribution >= 4 is 29.9 Å². The highest BCUT2D eigenvalue weighted by Gasteiger charge is 2.23. The molecule has 1 aromatic rings. The van der Waals surface area contributed by atoms with Crippen LogP contribution in [0.3, 0.4) is 0 Å². The molecule has 0 radical (unpaired) electrons. The fourth-order valence-electron chi connectivity index (χ4n) is 3.24. The third-order valence-corrected chi connectivity index (χ3v) is 4.70. The van der Waals surface area contributed by atoms with Gasteiger partial charge in [-0.1, -0.05) is 12.1 Å². The maximum atomic E-state index is 5.47. The molecule has 1 atom stereocenters. The summed E-state index contributed by atoms with van der Waals surface area (Å²) in [5.74, 6) is 1.73. The van der Waals surface area contributed by atoms with E-state index in [2.05, 4.69) is 45.6 Å². The molecule has 26 heavy (non-hydrogen) atoms. The van der Waals surface area contributed by atoms with E-state index in [-0.39, 0.29) is 24.0 Å². The van der Waals surface area contributed by atoms with Crippen LogP contribution in [0, 0.1) is 6.92 Å². The molecule has 1 heterocycles. The fourth-order valence-corrected chi connectivity index (χ4v) is 3.24. The number of halogens is 1. The van der Waals surface area contributed by atoms with Gasteiger partial charge >= 0.3 is 0 Å². The van der Waals surface area contributed by atoms with Gasteiger partial charge in [-0.2, -0.15) is 0 Å². The molecule has 1 saturated heterocycles. The number of hydrogen-bond acceptors (Lipinski definition) is 4. The molecule has 0 aliphatic carbocycles. The second-order valence-electron chi connectivity index (χ2n) is 6.45. The third-order valence-electron chi connectivity index (χ3n) is 4.70. The standard InChI is InChI=1S/C19H32N4O2.HI/c1-15-7-8-16(18(12-15)25-4)13-21-19(20-2)22-14-17-6-5-9-23(17)10-11-24-3;/h7-8,12,17H,5-6,9-11,13-14H2,1-4H3,(H2,20,21,22);1H. The van der Waals surface area contributed by atoms with Gasteiger partial charge in [0.05, 0.1) is 13.7 Å². The molecule has 1 fully saturated rings. The van der Waals surface area contributed by atoms with Gasteiger partial charge in [0.1, 0.15) is 5.75 Å². The van der Waals surface area contributed by atoms with Crippen LogP contribution in [-0.4, -0.2) is 64.4 Å². The van der Waals surface area contributed by atoms with Gasteiger partial charge in [-0.05, 0) is 37.9 Å². The number of rotatable bonds is 8. The summed E-state index contributed by atoms with van der Waals surface area (Å²) in [5.41, 5.74) is 2.32. The lowest BCUT2D eigenvalue weighted by Gasteiger charge is -2.25. The number of hydrogen-bond donors (Lipinski definition) is 2. The van der Waals surface area contributed by atoms with E-state index in [1.54, 1.807) is 21.3 Å². The van der Waals surface area contributed by atoms with Crippen LogP contribution in [0.2, 0.25) is 0 Å². The maximum Gasteiger partial charge on any atom is 0.191 e. The molecule has 1 aliphatic rings. The molecular weight excluding hydrogens is 443 g/mol. The molecule has 1 aromatic carbocycles. The lowest BCUT2D eigenvalue weighted by Crippen LogP contribution is -2.45. The summed E-state index contributed by atoms with van der Waals surface area (Å²) in [6.07, 6.45) is 2.47. The lowest BCUT2D eigenvalue weighted by atomic mass is 10.1. The number of methoxy groups -OCH3 is 2. The fraction of sp³-hybridized carbons (Fsp3) is 0.632. The van der Waals surface area contributed by atoms with E-state index in [1.165, 1.54) is 18.4 Å². The van der Waals surface area contributed by atoms with E-state index in [1.807, 2.05) is 0 Å². The monoisotopic (exact) mass is 476 g/mol. The average molecular weight is 476 g/mol. The van der Waals surface area contributed by atoms with Crippen molar-refractivity contribution in [3.05, 3.63) is 29.3 Å². The van der Waals surface area contributed by atoms with E-state index in [4.69, 9.17) is 9.47 Å². The molecule has 1 aliphatic heterocycles. The maximum absolute atomic E-state index is 5.47. The Kier molecular flexibility index (Phi) is 10.9. The van der Waals surface area contributed by atoms with Crippen LogP contribution in [0.1, 0.15) is 24.0 Å². The van der Waals surface area contributed by atoms with Crippen LogP contribution >= 0.6 is 24.0 Å². The third kappa shape index (κ3) is 6.92. The Balaban J connectivity index is 0.00000338. The number of aryl methyl sites for hydroxylation is 1.